The number of benzene rings is 2. The molecule has 0 atom stereocenters. The first-order valence-electron chi connectivity index (χ1n) is 7.91. The lowest BCUT2D eigenvalue weighted by Crippen LogP contribution is -2.47. The Labute approximate surface area is 152 Å². The molecule has 0 aliphatic rings. The summed E-state index contributed by atoms with van der Waals surface area (Å²) in [7, 11) is 0. The van der Waals surface area contributed by atoms with Gasteiger partial charge in [0.2, 0.25) is 0 Å². The molecule has 2 aromatic rings. The van der Waals surface area contributed by atoms with Crippen molar-refractivity contribution in [1.29, 1.82) is 0 Å². The van der Waals surface area contributed by atoms with Crippen LogP contribution in [-0.2, 0) is 4.79 Å². The van der Waals surface area contributed by atoms with E-state index in [1.807, 2.05) is 0 Å². The summed E-state index contributed by atoms with van der Waals surface area (Å²) in [6.45, 7) is 4.10. The van der Waals surface area contributed by atoms with Crippen LogP contribution >= 0.6 is 11.6 Å². The Hall–Kier alpha value is -2.37. The molecule has 0 aromatic heterocycles. The number of hydrogen-bond donors (Lipinski definition) is 2. The van der Waals surface area contributed by atoms with Crippen molar-refractivity contribution < 1.29 is 14.3 Å². The molecule has 0 fully saturated rings. The molecule has 6 heteroatoms. The maximum Gasteiger partial charge on any atom is 0.263 e. The summed E-state index contributed by atoms with van der Waals surface area (Å²) in [4.78, 5) is 24.5. The first-order chi connectivity index (χ1) is 11.8. The highest BCUT2D eigenvalue weighted by molar-refractivity contribution is 6.30. The summed E-state index contributed by atoms with van der Waals surface area (Å²) in [5.74, 6) is 0.142. The second-order valence-electron chi connectivity index (χ2n) is 6.02. The first-order valence-corrected chi connectivity index (χ1v) is 8.29. The molecule has 25 heavy (non-hydrogen) atoms. The molecule has 0 heterocycles. The normalized spacial score (nSPS) is 11.0. The van der Waals surface area contributed by atoms with Gasteiger partial charge in [0.15, 0.2) is 11.4 Å². The molecule has 2 aromatic carbocycles. The minimum Gasteiger partial charge on any atom is -0.478 e. The zero-order valence-corrected chi connectivity index (χ0v) is 15.0. The Morgan fingerprint density at radius 1 is 1.04 bits per heavy atom. The second-order valence-corrected chi connectivity index (χ2v) is 6.45. The predicted octanol–water partition coefficient (Wildman–Crippen LogP) is 2.80. The fourth-order valence-electron chi connectivity index (χ4n) is 2.18. The Balaban J connectivity index is 2.07. The van der Waals surface area contributed by atoms with Crippen LogP contribution in [0.15, 0.2) is 48.5 Å². The number of halogens is 1. The van der Waals surface area contributed by atoms with E-state index >= 15 is 0 Å². The van der Waals surface area contributed by atoms with E-state index in [-0.39, 0.29) is 11.7 Å². The maximum absolute atomic E-state index is 12.4. The lowest BCUT2D eigenvalue weighted by Gasteiger charge is -2.25. The highest BCUT2D eigenvalue weighted by Crippen LogP contribution is 2.21. The first kappa shape index (κ1) is 19.0. The molecule has 3 N–H and O–H groups in total. The van der Waals surface area contributed by atoms with E-state index in [1.165, 1.54) is 0 Å². The summed E-state index contributed by atoms with van der Waals surface area (Å²) in [5, 5.41) is 3.27. The monoisotopic (exact) mass is 360 g/mol. The number of carbonyl (C=O) groups excluding carboxylic acids is 2. The number of ether oxygens (including phenoxy) is 1. The third-order valence-corrected chi connectivity index (χ3v) is 3.82. The van der Waals surface area contributed by atoms with Crippen LogP contribution in [0.25, 0.3) is 0 Å². The van der Waals surface area contributed by atoms with E-state index in [0.717, 1.165) is 0 Å². The quantitative estimate of drug-likeness (QED) is 0.744. The summed E-state index contributed by atoms with van der Waals surface area (Å²) in [5.41, 5.74) is 5.42. The lowest BCUT2D eigenvalue weighted by molar-refractivity contribution is -0.134. The van der Waals surface area contributed by atoms with E-state index < -0.39 is 5.60 Å². The fourth-order valence-corrected chi connectivity index (χ4v) is 2.31. The average molecular weight is 361 g/mol. The smallest absolute Gasteiger partial charge is 0.263 e. The highest BCUT2D eigenvalue weighted by atomic mass is 35.5. The van der Waals surface area contributed by atoms with Crippen LogP contribution < -0.4 is 15.8 Å². The molecule has 0 saturated heterocycles. The number of amides is 1. The number of nitrogens with two attached hydrogens (primary N) is 1. The summed E-state index contributed by atoms with van der Waals surface area (Å²) < 4.78 is 5.74. The van der Waals surface area contributed by atoms with E-state index in [0.29, 0.717) is 35.0 Å². The van der Waals surface area contributed by atoms with E-state index in [4.69, 9.17) is 22.1 Å². The topological polar surface area (TPSA) is 81.4 Å². The Morgan fingerprint density at radius 3 is 2.08 bits per heavy atom. The fraction of sp³-hybridized carbons (Fsp3) is 0.263. The van der Waals surface area contributed by atoms with Crippen LogP contribution in [0.4, 0.5) is 0 Å². The largest absolute Gasteiger partial charge is 0.478 e. The molecule has 0 saturated carbocycles. The Kier molecular flexibility index (Phi) is 6.17. The van der Waals surface area contributed by atoms with Crippen molar-refractivity contribution in [3.8, 4) is 5.75 Å². The van der Waals surface area contributed by atoms with Crippen molar-refractivity contribution in [2.24, 2.45) is 5.73 Å². The van der Waals surface area contributed by atoms with Crippen molar-refractivity contribution in [2.45, 2.75) is 19.4 Å². The van der Waals surface area contributed by atoms with Gasteiger partial charge < -0.3 is 15.8 Å². The molecule has 132 valence electrons. The average Bonchev–Trinajstić information content (AvgIpc) is 2.60. The SMILES string of the molecule is CC(C)(Oc1ccc(C(=O)c2ccc(Cl)cc2)cc1)C(=O)NCCN. The van der Waals surface area contributed by atoms with E-state index in [9.17, 15) is 9.59 Å². The van der Waals surface area contributed by atoms with Gasteiger partial charge >= 0.3 is 0 Å². The van der Waals surface area contributed by atoms with Gasteiger partial charge in [-0.15, -0.1) is 0 Å². The lowest BCUT2D eigenvalue weighted by atomic mass is 10.0. The van der Waals surface area contributed by atoms with Crippen molar-refractivity contribution >= 4 is 23.3 Å². The Morgan fingerprint density at radius 2 is 1.56 bits per heavy atom. The van der Waals surface area contributed by atoms with Gasteiger partial charge in [-0.25, -0.2) is 0 Å². The molecule has 0 bridgehead atoms. The van der Waals surface area contributed by atoms with Crippen LogP contribution in [0.1, 0.15) is 29.8 Å². The van der Waals surface area contributed by atoms with Crippen LogP contribution in [0.5, 0.6) is 5.75 Å². The zero-order chi connectivity index (χ0) is 18.4. The highest BCUT2D eigenvalue weighted by Gasteiger charge is 2.29. The molecule has 5 nitrogen and oxygen atoms in total. The van der Waals surface area contributed by atoms with Crippen LogP contribution in [-0.4, -0.2) is 30.4 Å². The maximum atomic E-state index is 12.4. The van der Waals surface area contributed by atoms with Gasteiger partial charge in [-0.1, -0.05) is 11.6 Å². The van der Waals surface area contributed by atoms with Crippen LogP contribution in [0.3, 0.4) is 0 Å². The molecular formula is C19H21ClN2O3. The minimum atomic E-state index is -1.04. The van der Waals surface area contributed by atoms with Gasteiger partial charge in [-0.05, 0) is 62.4 Å². The third kappa shape index (κ3) is 5.05. The molecule has 0 unspecified atom stereocenters. The van der Waals surface area contributed by atoms with Gasteiger partial charge in [0.1, 0.15) is 5.75 Å². The molecule has 0 aliphatic carbocycles. The van der Waals surface area contributed by atoms with Gasteiger partial charge in [0.25, 0.3) is 5.91 Å². The van der Waals surface area contributed by atoms with Gasteiger partial charge in [-0.3, -0.25) is 9.59 Å². The number of ketones is 1. The number of carbonyl (C=O) groups is 2. The molecular weight excluding hydrogens is 340 g/mol. The second kappa shape index (κ2) is 8.14. The summed E-state index contributed by atoms with van der Waals surface area (Å²) in [6, 6.07) is 13.4. The van der Waals surface area contributed by atoms with Crippen molar-refractivity contribution in [2.75, 3.05) is 13.1 Å². The summed E-state index contributed by atoms with van der Waals surface area (Å²) >= 11 is 5.83. The molecule has 0 radical (unpaired) electrons. The number of nitrogens with one attached hydrogen (secondary N) is 1. The van der Waals surface area contributed by atoms with Crippen molar-refractivity contribution in [3.05, 3.63) is 64.7 Å². The molecule has 0 spiro atoms. The van der Waals surface area contributed by atoms with Crippen molar-refractivity contribution in [3.63, 3.8) is 0 Å². The van der Waals surface area contributed by atoms with E-state index in [2.05, 4.69) is 5.32 Å². The van der Waals surface area contributed by atoms with Gasteiger partial charge in [0.05, 0.1) is 0 Å². The predicted molar refractivity (Wildman–Crippen MR) is 98.1 cm³/mol. The Bertz CT molecular complexity index is 740. The van der Waals surface area contributed by atoms with Crippen molar-refractivity contribution in [1.82, 2.24) is 5.32 Å². The van der Waals surface area contributed by atoms with Gasteiger partial charge in [0, 0.05) is 29.2 Å². The van der Waals surface area contributed by atoms with Crippen LogP contribution in [0, 0.1) is 0 Å². The molecule has 0 aliphatic heterocycles. The number of rotatable bonds is 7. The number of hydrogen-bond acceptors (Lipinski definition) is 4. The van der Waals surface area contributed by atoms with Gasteiger partial charge in [-0.2, -0.15) is 0 Å². The molecule has 2 rings (SSSR count). The molecule has 1 amide bonds. The minimum absolute atomic E-state index is 0.108. The zero-order valence-electron chi connectivity index (χ0n) is 14.2. The van der Waals surface area contributed by atoms with E-state index in [1.54, 1.807) is 62.4 Å². The van der Waals surface area contributed by atoms with Crippen LogP contribution in [0.2, 0.25) is 5.02 Å². The summed E-state index contributed by atoms with van der Waals surface area (Å²) in [6.07, 6.45) is 0. The standard InChI is InChI=1S/C19H21ClN2O3/c1-19(2,18(24)22-12-11-21)25-16-9-5-14(6-10-16)17(23)13-3-7-15(20)8-4-13/h3-10H,11-12,21H2,1-2H3,(H,22,24). The third-order valence-electron chi connectivity index (χ3n) is 3.57.